The molecule has 0 spiro atoms. The first-order valence-electron chi connectivity index (χ1n) is 8.90. The van der Waals surface area contributed by atoms with E-state index in [-0.39, 0.29) is 6.04 Å². The van der Waals surface area contributed by atoms with Crippen molar-refractivity contribution in [2.24, 2.45) is 4.99 Å². The fourth-order valence-electron chi connectivity index (χ4n) is 2.62. The Labute approximate surface area is 151 Å². The third-order valence-electron chi connectivity index (χ3n) is 4.13. The van der Waals surface area contributed by atoms with Gasteiger partial charge in [-0.3, -0.25) is 9.98 Å². The van der Waals surface area contributed by atoms with Gasteiger partial charge in [0.05, 0.1) is 25.0 Å². The number of nitrogens with zero attached hydrogens (tertiary/aromatic N) is 2. The van der Waals surface area contributed by atoms with Crippen LogP contribution in [0.1, 0.15) is 39.1 Å². The number of ether oxygens (including phenoxy) is 1. The quantitative estimate of drug-likeness (QED) is 0.726. The predicted octanol–water partition coefficient (Wildman–Crippen LogP) is 2.01. The van der Waals surface area contributed by atoms with E-state index in [4.69, 9.17) is 9.72 Å². The van der Waals surface area contributed by atoms with Crippen molar-refractivity contribution in [1.29, 1.82) is 0 Å². The van der Waals surface area contributed by atoms with Crippen LogP contribution in [0.5, 0.6) is 5.75 Å². The molecule has 1 aliphatic heterocycles. The minimum atomic E-state index is 0.277. The van der Waals surface area contributed by atoms with Crippen LogP contribution >= 0.6 is 0 Å². The summed E-state index contributed by atoms with van der Waals surface area (Å²) in [5.41, 5.74) is 4.14. The normalized spacial score (nSPS) is 27.4. The second kappa shape index (κ2) is 9.53. The highest BCUT2D eigenvalue weighted by Crippen LogP contribution is 2.14. The maximum absolute atomic E-state index is 5.42. The fourth-order valence-corrected chi connectivity index (χ4v) is 2.62. The number of rotatable bonds is 1. The number of pyridine rings is 1. The van der Waals surface area contributed by atoms with Crippen LogP contribution in [0, 0.1) is 0 Å². The molecule has 2 rings (SSSR count). The van der Waals surface area contributed by atoms with Gasteiger partial charge in [0, 0.05) is 55.3 Å². The molecule has 0 saturated heterocycles. The van der Waals surface area contributed by atoms with Crippen LogP contribution < -0.4 is 20.7 Å². The van der Waals surface area contributed by atoms with Gasteiger partial charge in [0.2, 0.25) is 0 Å². The Hall–Kier alpha value is -1.92. The standard InChI is InChI=1S/C19H31N5O/c1-13-6-14(2)21-10-16(4)23-12-18-8-19(25-5)7-17(24-18)11-22-15(3)9-20-13/h6-8,15-16,20,22-23H,9-12H2,1-5H3/b13-6-,21-14+/t15-,16-/m0/s1. The first-order chi connectivity index (χ1) is 12.0. The highest BCUT2D eigenvalue weighted by Gasteiger charge is 2.08. The van der Waals surface area contributed by atoms with Crippen molar-refractivity contribution in [3.05, 3.63) is 35.3 Å². The first-order valence-corrected chi connectivity index (χ1v) is 8.90. The van der Waals surface area contributed by atoms with Gasteiger partial charge in [0.15, 0.2) is 0 Å². The third-order valence-corrected chi connectivity index (χ3v) is 4.13. The van der Waals surface area contributed by atoms with Crippen LogP contribution in [0.15, 0.2) is 28.9 Å². The Morgan fingerprint density at radius 2 is 1.68 bits per heavy atom. The molecular weight excluding hydrogens is 314 g/mol. The summed E-state index contributed by atoms with van der Waals surface area (Å²) in [6.07, 6.45) is 2.10. The molecular formula is C19H31N5O. The Morgan fingerprint density at radius 3 is 2.32 bits per heavy atom. The van der Waals surface area contributed by atoms with Crippen molar-refractivity contribution >= 4 is 5.71 Å². The van der Waals surface area contributed by atoms with Gasteiger partial charge in [-0.25, -0.2) is 0 Å². The van der Waals surface area contributed by atoms with Gasteiger partial charge in [0.25, 0.3) is 0 Å². The smallest absolute Gasteiger partial charge is 0.122 e. The van der Waals surface area contributed by atoms with Crippen LogP contribution in [0.4, 0.5) is 0 Å². The number of methoxy groups -OCH3 is 1. The number of aromatic nitrogens is 1. The number of allylic oxidation sites excluding steroid dienone is 2. The largest absolute Gasteiger partial charge is 0.497 e. The Bertz CT molecular complexity index is 626. The summed E-state index contributed by atoms with van der Waals surface area (Å²) < 4.78 is 5.42. The maximum Gasteiger partial charge on any atom is 0.122 e. The van der Waals surface area contributed by atoms with E-state index in [0.29, 0.717) is 19.1 Å². The van der Waals surface area contributed by atoms with Gasteiger partial charge in [-0.2, -0.15) is 0 Å². The molecule has 6 heteroatoms. The summed E-state index contributed by atoms with van der Waals surface area (Å²) >= 11 is 0. The second-order valence-electron chi connectivity index (χ2n) is 6.74. The first kappa shape index (κ1) is 19.4. The van der Waals surface area contributed by atoms with Crippen molar-refractivity contribution in [3.8, 4) is 5.75 Å². The molecule has 0 radical (unpaired) electrons. The molecule has 0 amide bonds. The van der Waals surface area contributed by atoms with Crippen LogP contribution in [0.3, 0.4) is 0 Å². The Balaban J connectivity index is 2.19. The zero-order valence-electron chi connectivity index (χ0n) is 16.0. The topological polar surface area (TPSA) is 70.6 Å². The predicted molar refractivity (Wildman–Crippen MR) is 103 cm³/mol. The lowest BCUT2D eigenvalue weighted by molar-refractivity contribution is 0.411. The van der Waals surface area contributed by atoms with Crippen LogP contribution in [-0.4, -0.2) is 43.0 Å². The highest BCUT2D eigenvalue weighted by molar-refractivity contribution is 5.93. The summed E-state index contributed by atoms with van der Waals surface area (Å²) in [7, 11) is 1.69. The van der Waals surface area contributed by atoms with E-state index in [9.17, 15) is 0 Å². The lowest BCUT2D eigenvalue weighted by Crippen LogP contribution is -2.35. The molecule has 1 aliphatic rings. The molecule has 2 heterocycles. The summed E-state index contributed by atoms with van der Waals surface area (Å²) in [5, 5.41) is 10.4. The lowest BCUT2D eigenvalue weighted by Gasteiger charge is -2.17. The van der Waals surface area contributed by atoms with Gasteiger partial charge in [-0.15, -0.1) is 0 Å². The minimum absolute atomic E-state index is 0.277. The van der Waals surface area contributed by atoms with E-state index in [1.165, 1.54) is 0 Å². The van der Waals surface area contributed by atoms with Crippen LogP contribution in [0.2, 0.25) is 0 Å². The molecule has 2 bridgehead atoms. The van der Waals surface area contributed by atoms with E-state index in [1.54, 1.807) is 7.11 Å². The average molecular weight is 345 g/mol. The summed E-state index contributed by atoms with van der Waals surface area (Å²) in [5.74, 6) is 0.843. The van der Waals surface area contributed by atoms with Crippen molar-refractivity contribution in [2.45, 2.75) is 52.9 Å². The van der Waals surface area contributed by atoms with E-state index in [2.05, 4.69) is 47.8 Å². The highest BCUT2D eigenvalue weighted by atomic mass is 16.5. The van der Waals surface area contributed by atoms with Crippen molar-refractivity contribution in [2.75, 3.05) is 20.2 Å². The SMILES string of the molecule is COc1cc2nc(c1)CN[C@@H](C)CN/C(C)=C\C(C)=N\C[C@H](C)NC2. The number of aliphatic imine (C=N–C) groups is 1. The van der Waals surface area contributed by atoms with Gasteiger partial charge in [-0.05, 0) is 33.8 Å². The molecule has 2 atom stereocenters. The van der Waals surface area contributed by atoms with Gasteiger partial charge >= 0.3 is 0 Å². The van der Waals surface area contributed by atoms with E-state index in [1.807, 2.05) is 19.1 Å². The van der Waals surface area contributed by atoms with Crippen molar-refractivity contribution in [3.63, 3.8) is 0 Å². The fraction of sp³-hybridized carbons (Fsp3) is 0.579. The average Bonchev–Trinajstić information content (AvgIpc) is 2.60. The number of hydrogen-bond donors (Lipinski definition) is 3. The molecule has 1 aromatic heterocycles. The molecule has 0 aromatic carbocycles. The molecule has 0 fully saturated rings. The molecule has 25 heavy (non-hydrogen) atoms. The van der Waals surface area contributed by atoms with E-state index < -0.39 is 0 Å². The molecule has 3 N–H and O–H groups in total. The molecule has 0 saturated carbocycles. The lowest BCUT2D eigenvalue weighted by atomic mass is 10.2. The molecule has 138 valence electrons. The van der Waals surface area contributed by atoms with Crippen molar-refractivity contribution < 1.29 is 4.74 Å². The monoisotopic (exact) mass is 345 g/mol. The number of hydrogen-bond acceptors (Lipinski definition) is 6. The van der Waals surface area contributed by atoms with Gasteiger partial charge in [0.1, 0.15) is 5.75 Å². The number of nitrogens with one attached hydrogen (secondary N) is 3. The summed E-state index contributed by atoms with van der Waals surface area (Å²) in [6.45, 7) is 11.4. The van der Waals surface area contributed by atoms with Gasteiger partial charge < -0.3 is 20.7 Å². The van der Waals surface area contributed by atoms with Crippen LogP contribution in [0.25, 0.3) is 0 Å². The Kier molecular flexibility index (Phi) is 7.40. The summed E-state index contributed by atoms with van der Waals surface area (Å²) in [6, 6.07) is 4.57. The minimum Gasteiger partial charge on any atom is -0.497 e. The zero-order valence-corrected chi connectivity index (χ0v) is 16.0. The van der Waals surface area contributed by atoms with E-state index >= 15 is 0 Å². The van der Waals surface area contributed by atoms with Crippen LogP contribution in [-0.2, 0) is 13.1 Å². The van der Waals surface area contributed by atoms with Crippen molar-refractivity contribution in [1.82, 2.24) is 20.9 Å². The zero-order chi connectivity index (χ0) is 18.2. The third kappa shape index (κ3) is 6.84. The number of fused-ring (bicyclic) bond motifs is 2. The second-order valence-corrected chi connectivity index (χ2v) is 6.74. The summed E-state index contributed by atoms with van der Waals surface area (Å²) in [4.78, 5) is 9.38. The Morgan fingerprint density at radius 1 is 1.04 bits per heavy atom. The molecule has 0 aliphatic carbocycles. The molecule has 0 unspecified atom stereocenters. The molecule has 1 aromatic rings. The van der Waals surface area contributed by atoms with Gasteiger partial charge in [-0.1, -0.05) is 0 Å². The molecule has 6 nitrogen and oxygen atoms in total. The maximum atomic E-state index is 5.42. The van der Waals surface area contributed by atoms with E-state index in [0.717, 1.165) is 41.6 Å².